The van der Waals surface area contributed by atoms with Gasteiger partial charge in [-0.05, 0) is 31.2 Å². The van der Waals surface area contributed by atoms with Crippen LogP contribution in [-0.4, -0.2) is 37.2 Å². The van der Waals surface area contributed by atoms with Gasteiger partial charge in [0.15, 0.2) is 16.6 Å². The first-order valence-corrected chi connectivity index (χ1v) is 11.0. The molecule has 32 heavy (non-hydrogen) atoms. The summed E-state index contributed by atoms with van der Waals surface area (Å²) in [4.78, 5) is 31.6. The third-order valence-corrected chi connectivity index (χ3v) is 6.29. The molecule has 2 amide bonds. The van der Waals surface area contributed by atoms with E-state index in [0.29, 0.717) is 28.9 Å². The summed E-state index contributed by atoms with van der Waals surface area (Å²) in [5, 5.41) is 5.23. The lowest BCUT2D eigenvalue weighted by molar-refractivity contribution is -0.122. The second-order valence-corrected chi connectivity index (χ2v) is 8.53. The number of thiazole rings is 1. The Morgan fingerprint density at radius 1 is 1.22 bits per heavy atom. The van der Waals surface area contributed by atoms with Crippen LogP contribution in [0.4, 0.5) is 10.8 Å². The molecule has 3 heterocycles. The molecule has 2 aromatic carbocycles. The van der Waals surface area contributed by atoms with Gasteiger partial charge in [0.25, 0.3) is 0 Å². The summed E-state index contributed by atoms with van der Waals surface area (Å²) in [5.41, 5.74) is 3.38. The molecule has 0 aliphatic carbocycles. The molecule has 0 radical (unpaired) electrons. The summed E-state index contributed by atoms with van der Waals surface area (Å²) in [6.07, 6.45) is 0.143. The molecule has 1 aromatic heterocycles. The molecule has 1 atom stereocenters. The number of aryl methyl sites for hydroxylation is 1. The van der Waals surface area contributed by atoms with Crippen molar-refractivity contribution in [2.24, 2.45) is 5.92 Å². The van der Waals surface area contributed by atoms with Crippen molar-refractivity contribution in [1.29, 1.82) is 0 Å². The number of nitrogens with one attached hydrogen (secondary N) is 1. The van der Waals surface area contributed by atoms with Crippen molar-refractivity contribution >= 4 is 34.0 Å². The molecule has 2 aliphatic rings. The topological polar surface area (TPSA) is 90.0 Å². The van der Waals surface area contributed by atoms with Crippen LogP contribution in [0, 0.1) is 12.8 Å². The van der Waals surface area contributed by atoms with Crippen LogP contribution in [0.2, 0.25) is 0 Å². The van der Waals surface area contributed by atoms with Gasteiger partial charge in [-0.3, -0.25) is 9.59 Å². The maximum absolute atomic E-state index is 12.9. The van der Waals surface area contributed by atoms with Gasteiger partial charge < -0.3 is 24.4 Å². The average molecular weight is 452 g/mol. The fraction of sp³-hybridized carbons (Fsp3) is 0.261. The Kier molecular flexibility index (Phi) is 5.18. The van der Waals surface area contributed by atoms with Crippen molar-refractivity contribution in [1.82, 2.24) is 4.98 Å². The number of rotatable bonds is 5. The summed E-state index contributed by atoms with van der Waals surface area (Å²) in [6.45, 7) is 2.47. The van der Waals surface area contributed by atoms with Gasteiger partial charge in [0.05, 0.1) is 18.7 Å². The second kappa shape index (κ2) is 8.16. The maximum atomic E-state index is 12.9. The number of nitrogens with zero attached hydrogens (tertiary/aromatic N) is 2. The molecule has 0 bridgehead atoms. The monoisotopic (exact) mass is 451 g/mol. The molecular weight excluding hydrogens is 430 g/mol. The Bertz CT molecular complexity index is 1210. The van der Waals surface area contributed by atoms with Crippen LogP contribution in [0.3, 0.4) is 0 Å². The minimum Gasteiger partial charge on any atom is -0.496 e. The summed E-state index contributed by atoms with van der Waals surface area (Å²) in [6, 6.07) is 11.2. The number of carbonyl (C=O) groups excluding carboxylic acids is 2. The number of benzene rings is 2. The van der Waals surface area contributed by atoms with E-state index in [1.54, 1.807) is 30.2 Å². The first kappa shape index (κ1) is 20.3. The predicted octanol–water partition coefficient (Wildman–Crippen LogP) is 3.85. The number of carbonyl (C=O) groups is 2. The summed E-state index contributed by atoms with van der Waals surface area (Å²) in [5.74, 6) is 1.19. The molecular formula is C23H21N3O5S. The van der Waals surface area contributed by atoms with E-state index < -0.39 is 5.92 Å². The zero-order chi connectivity index (χ0) is 22.2. The van der Waals surface area contributed by atoms with Gasteiger partial charge in [-0.25, -0.2) is 4.98 Å². The predicted molar refractivity (Wildman–Crippen MR) is 120 cm³/mol. The van der Waals surface area contributed by atoms with E-state index in [1.807, 2.05) is 30.5 Å². The fourth-order valence-corrected chi connectivity index (χ4v) is 4.58. The van der Waals surface area contributed by atoms with Crippen LogP contribution in [0.25, 0.3) is 11.3 Å². The third kappa shape index (κ3) is 3.75. The van der Waals surface area contributed by atoms with Gasteiger partial charge in [0.2, 0.25) is 18.6 Å². The molecule has 1 unspecified atom stereocenters. The second-order valence-electron chi connectivity index (χ2n) is 7.67. The normalized spacial score (nSPS) is 17.0. The van der Waals surface area contributed by atoms with Crippen molar-refractivity contribution in [2.45, 2.75) is 13.3 Å². The minimum absolute atomic E-state index is 0.103. The Hall–Kier alpha value is -3.59. The molecule has 0 spiro atoms. The van der Waals surface area contributed by atoms with Crippen LogP contribution >= 0.6 is 11.3 Å². The van der Waals surface area contributed by atoms with Crippen LogP contribution in [0.1, 0.15) is 12.0 Å². The number of hydrogen-bond acceptors (Lipinski definition) is 7. The minimum atomic E-state index is -0.464. The number of amides is 2. The number of aromatic nitrogens is 1. The maximum Gasteiger partial charge on any atom is 0.231 e. The zero-order valence-corrected chi connectivity index (χ0v) is 18.4. The van der Waals surface area contributed by atoms with Gasteiger partial charge in [0, 0.05) is 35.7 Å². The van der Waals surface area contributed by atoms with Crippen LogP contribution in [-0.2, 0) is 9.59 Å². The molecule has 164 valence electrons. The van der Waals surface area contributed by atoms with Crippen molar-refractivity contribution < 1.29 is 23.8 Å². The molecule has 0 saturated carbocycles. The van der Waals surface area contributed by atoms with Crippen molar-refractivity contribution in [3.8, 4) is 28.5 Å². The molecule has 1 N–H and O–H groups in total. The average Bonchev–Trinajstić information content (AvgIpc) is 3.52. The molecule has 1 fully saturated rings. The highest BCUT2D eigenvalue weighted by Gasteiger charge is 2.36. The van der Waals surface area contributed by atoms with Crippen molar-refractivity contribution in [2.75, 3.05) is 30.7 Å². The number of ether oxygens (including phenoxy) is 3. The highest BCUT2D eigenvalue weighted by Crippen LogP contribution is 2.37. The van der Waals surface area contributed by atoms with Crippen molar-refractivity contribution in [3.63, 3.8) is 0 Å². The van der Waals surface area contributed by atoms with Gasteiger partial charge in [-0.1, -0.05) is 11.6 Å². The highest BCUT2D eigenvalue weighted by molar-refractivity contribution is 7.14. The molecule has 9 heteroatoms. The summed E-state index contributed by atoms with van der Waals surface area (Å²) in [7, 11) is 1.62. The standard InChI is InChI=1S/C23H21N3O5S/c1-13-3-5-18(29-2)16(7-13)17-11-32-23(24-17)25-22(28)14-8-21(27)26(10-14)15-4-6-19-20(9-15)31-12-30-19/h3-7,9,11,14H,8,10,12H2,1-2H3,(H,24,25,28). The first-order chi connectivity index (χ1) is 15.5. The number of anilines is 2. The van der Waals surface area contributed by atoms with E-state index in [1.165, 1.54) is 11.3 Å². The Morgan fingerprint density at radius 2 is 2.06 bits per heavy atom. The van der Waals surface area contributed by atoms with Gasteiger partial charge >= 0.3 is 0 Å². The summed E-state index contributed by atoms with van der Waals surface area (Å²) >= 11 is 1.34. The molecule has 3 aromatic rings. The van der Waals surface area contributed by atoms with E-state index in [4.69, 9.17) is 14.2 Å². The van der Waals surface area contributed by atoms with E-state index in [0.717, 1.165) is 22.6 Å². The lowest BCUT2D eigenvalue weighted by Crippen LogP contribution is -2.28. The highest BCUT2D eigenvalue weighted by atomic mass is 32.1. The number of fused-ring (bicyclic) bond motifs is 1. The molecule has 1 saturated heterocycles. The van der Waals surface area contributed by atoms with Crippen LogP contribution < -0.4 is 24.4 Å². The van der Waals surface area contributed by atoms with Crippen molar-refractivity contribution in [3.05, 3.63) is 47.3 Å². The fourth-order valence-electron chi connectivity index (χ4n) is 3.87. The van der Waals surface area contributed by atoms with Crippen LogP contribution in [0.15, 0.2) is 41.8 Å². The van der Waals surface area contributed by atoms with Crippen LogP contribution in [0.5, 0.6) is 17.2 Å². The molecule has 8 nitrogen and oxygen atoms in total. The van der Waals surface area contributed by atoms with E-state index >= 15 is 0 Å². The lowest BCUT2D eigenvalue weighted by Gasteiger charge is -2.17. The SMILES string of the molecule is COc1ccc(C)cc1-c1csc(NC(=O)C2CC(=O)N(c3ccc4c(c3)OCO4)C2)n1. The van der Waals surface area contributed by atoms with Gasteiger partial charge in [-0.2, -0.15) is 0 Å². The Morgan fingerprint density at radius 3 is 2.91 bits per heavy atom. The summed E-state index contributed by atoms with van der Waals surface area (Å²) < 4.78 is 16.2. The smallest absolute Gasteiger partial charge is 0.231 e. The largest absolute Gasteiger partial charge is 0.496 e. The van der Waals surface area contributed by atoms with E-state index in [-0.39, 0.29) is 25.0 Å². The molecule has 5 rings (SSSR count). The zero-order valence-electron chi connectivity index (χ0n) is 17.6. The first-order valence-electron chi connectivity index (χ1n) is 10.1. The quantitative estimate of drug-likeness (QED) is 0.634. The number of hydrogen-bond donors (Lipinski definition) is 1. The number of methoxy groups -OCH3 is 1. The molecule has 2 aliphatic heterocycles. The van der Waals surface area contributed by atoms with Gasteiger partial charge in [0.1, 0.15) is 5.75 Å². The van der Waals surface area contributed by atoms with Gasteiger partial charge in [-0.15, -0.1) is 11.3 Å². The Labute approximate surface area is 188 Å². The Balaban J connectivity index is 1.28. The third-order valence-electron chi connectivity index (χ3n) is 5.53. The lowest BCUT2D eigenvalue weighted by atomic mass is 10.1. The van der Waals surface area contributed by atoms with E-state index in [2.05, 4.69) is 10.3 Å². The van der Waals surface area contributed by atoms with E-state index in [9.17, 15) is 9.59 Å².